The predicted molar refractivity (Wildman–Crippen MR) is 70.9 cm³/mol. The first-order valence-electron chi connectivity index (χ1n) is 5.83. The monoisotopic (exact) mass is 294 g/mol. The fraction of sp³-hybridized carbons (Fsp3) is 0.0714. The highest BCUT2D eigenvalue weighted by Crippen LogP contribution is 2.28. The molecule has 7 heteroatoms. The van der Waals surface area contributed by atoms with Crippen molar-refractivity contribution in [2.75, 3.05) is 5.32 Å². The van der Waals surface area contributed by atoms with Gasteiger partial charge in [-0.05, 0) is 36.8 Å². The molecule has 0 aliphatic carbocycles. The first kappa shape index (κ1) is 14.7. The Morgan fingerprint density at radius 3 is 2.43 bits per heavy atom. The van der Waals surface area contributed by atoms with Gasteiger partial charge in [-0.1, -0.05) is 6.07 Å². The van der Waals surface area contributed by atoms with Gasteiger partial charge in [0.2, 0.25) is 0 Å². The minimum absolute atomic E-state index is 0.162. The van der Waals surface area contributed by atoms with Gasteiger partial charge in [0.1, 0.15) is 5.82 Å². The molecule has 0 aliphatic heterocycles. The molecule has 108 valence electrons. The van der Waals surface area contributed by atoms with Gasteiger partial charge >= 0.3 is 5.91 Å². The summed E-state index contributed by atoms with van der Waals surface area (Å²) in [6, 6.07) is 5.61. The molecule has 0 spiro atoms. The molecule has 0 saturated heterocycles. The molecule has 0 unspecified atom stereocenters. The Labute approximate surface area is 117 Å². The normalized spacial score (nSPS) is 10.3. The van der Waals surface area contributed by atoms with Crippen molar-refractivity contribution in [3.8, 4) is 0 Å². The molecule has 1 N–H and O–H groups in total. The molecule has 0 aliphatic rings. The van der Waals surface area contributed by atoms with Crippen LogP contribution >= 0.6 is 0 Å². The van der Waals surface area contributed by atoms with Crippen LogP contribution in [0.2, 0.25) is 0 Å². The molecule has 2 aromatic carbocycles. The molecule has 21 heavy (non-hydrogen) atoms. The third kappa shape index (κ3) is 2.91. The molecule has 2 aromatic rings. The van der Waals surface area contributed by atoms with Gasteiger partial charge in [0.15, 0.2) is 11.6 Å². The van der Waals surface area contributed by atoms with E-state index < -0.39 is 34.6 Å². The maximum atomic E-state index is 13.8. The van der Waals surface area contributed by atoms with Crippen LogP contribution in [0.3, 0.4) is 0 Å². The second-order valence-electron chi connectivity index (χ2n) is 4.29. The average Bonchev–Trinajstić information content (AvgIpc) is 2.45. The van der Waals surface area contributed by atoms with Gasteiger partial charge in [-0.25, -0.2) is 13.2 Å². The Kier molecular flexibility index (Phi) is 4.02. The van der Waals surface area contributed by atoms with Crippen molar-refractivity contribution in [1.82, 2.24) is 0 Å². The lowest BCUT2D eigenvalue weighted by Crippen LogP contribution is -2.06. The first-order valence-corrected chi connectivity index (χ1v) is 5.83. The summed E-state index contributed by atoms with van der Waals surface area (Å²) in [7, 11) is 0. The molecule has 1 amide bonds. The number of nitroso groups, excluding NO2 is 1. The van der Waals surface area contributed by atoms with Gasteiger partial charge in [-0.15, -0.1) is 4.91 Å². The number of carbonyl (C=O) groups excluding carboxylic acids is 1. The van der Waals surface area contributed by atoms with Crippen LogP contribution in [-0.2, 0) is 0 Å². The van der Waals surface area contributed by atoms with Crippen LogP contribution in [-0.4, -0.2) is 5.91 Å². The highest BCUT2D eigenvalue weighted by molar-refractivity contribution is 6.01. The Balaban J connectivity index is 2.54. The fourth-order valence-electron chi connectivity index (χ4n) is 1.76. The van der Waals surface area contributed by atoms with E-state index in [4.69, 9.17) is 0 Å². The van der Waals surface area contributed by atoms with E-state index >= 15 is 0 Å². The minimum atomic E-state index is -1.40. The Hall–Kier alpha value is -2.70. The lowest BCUT2D eigenvalue weighted by atomic mass is 10.1. The summed E-state index contributed by atoms with van der Waals surface area (Å²) in [5, 5.41) is 4.44. The number of carbonyl (C=O) groups is 1. The number of aryl methyl sites for hydroxylation is 1. The fourth-order valence-corrected chi connectivity index (χ4v) is 1.76. The summed E-state index contributed by atoms with van der Waals surface area (Å²) in [6.07, 6.45) is 0. The average molecular weight is 294 g/mol. The largest absolute Gasteiger partial charge is 0.350 e. The number of halogens is 3. The Bertz CT molecular complexity index is 732. The third-order valence-electron chi connectivity index (χ3n) is 2.79. The highest BCUT2D eigenvalue weighted by atomic mass is 19.2. The van der Waals surface area contributed by atoms with E-state index in [1.807, 2.05) is 0 Å². The van der Waals surface area contributed by atoms with E-state index in [0.717, 1.165) is 6.07 Å². The van der Waals surface area contributed by atoms with Gasteiger partial charge in [0.25, 0.3) is 0 Å². The van der Waals surface area contributed by atoms with Crippen LogP contribution in [0.4, 0.5) is 24.5 Å². The SMILES string of the molecule is Cc1ccc(Nc2c(C(=O)N=O)ccc(F)c2F)c(F)c1. The second-order valence-corrected chi connectivity index (χ2v) is 4.29. The standard InChI is InChI=1S/C14H9F3N2O2/c1-7-2-5-11(10(16)6-7)18-13-8(14(20)19-21)3-4-9(15)12(13)17/h2-6,18H,1H3. The van der Waals surface area contributed by atoms with Gasteiger partial charge in [-0.3, -0.25) is 4.79 Å². The molecular formula is C14H9F3N2O2. The quantitative estimate of drug-likeness (QED) is 0.868. The summed E-state index contributed by atoms with van der Waals surface area (Å²) in [5.41, 5.74) is -0.653. The van der Waals surface area contributed by atoms with Gasteiger partial charge in [0, 0.05) is 5.18 Å². The van der Waals surface area contributed by atoms with E-state index in [0.29, 0.717) is 11.6 Å². The summed E-state index contributed by atoms with van der Waals surface area (Å²) in [4.78, 5) is 21.6. The van der Waals surface area contributed by atoms with Crippen LogP contribution in [0.25, 0.3) is 0 Å². The van der Waals surface area contributed by atoms with Crippen molar-refractivity contribution in [2.24, 2.45) is 5.18 Å². The highest BCUT2D eigenvalue weighted by Gasteiger charge is 2.20. The second kappa shape index (κ2) is 5.74. The lowest BCUT2D eigenvalue weighted by Gasteiger charge is -2.12. The molecule has 0 radical (unpaired) electrons. The molecule has 4 nitrogen and oxygen atoms in total. The summed E-state index contributed by atoms with van der Waals surface area (Å²) >= 11 is 0. The van der Waals surface area contributed by atoms with E-state index in [1.165, 1.54) is 12.1 Å². The van der Waals surface area contributed by atoms with Crippen molar-refractivity contribution in [2.45, 2.75) is 6.92 Å². The van der Waals surface area contributed by atoms with Crippen molar-refractivity contribution in [3.63, 3.8) is 0 Å². The molecular weight excluding hydrogens is 285 g/mol. The molecule has 0 heterocycles. The van der Waals surface area contributed by atoms with Crippen LogP contribution in [0, 0.1) is 29.3 Å². The van der Waals surface area contributed by atoms with Gasteiger partial charge in [-0.2, -0.15) is 0 Å². The van der Waals surface area contributed by atoms with Crippen LogP contribution in [0.5, 0.6) is 0 Å². The Morgan fingerprint density at radius 2 is 1.81 bits per heavy atom. The number of hydrogen-bond donors (Lipinski definition) is 1. The van der Waals surface area contributed by atoms with Gasteiger partial charge < -0.3 is 5.32 Å². The van der Waals surface area contributed by atoms with Crippen molar-refractivity contribution < 1.29 is 18.0 Å². The smallest absolute Gasteiger partial charge is 0.318 e. The summed E-state index contributed by atoms with van der Waals surface area (Å²) < 4.78 is 40.8. The summed E-state index contributed by atoms with van der Waals surface area (Å²) in [5.74, 6) is -4.64. The zero-order valence-corrected chi connectivity index (χ0v) is 10.8. The molecule has 0 fully saturated rings. The third-order valence-corrected chi connectivity index (χ3v) is 2.79. The summed E-state index contributed by atoms with van der Waals surface area (Å²) in [6.45, 7) is 1.65. The minimum Gasteiger partial charge on any atom is -0.350 e. The first-order chi connectivity index (χ1) is 9.93. The van der Waals surface area contributed by atoms with E-state index in [2.05, 4.69) is 10.5 Å². The molecule has 0 atom stereocenters. The predicted octanol–water partition coefficient (Wildman–Crippen LogP) is 4.06. The number of amides is 1. The number of nitrogens with zero attached hydrogens (tertiary/aromatic N) is 1. The maximum absolute atomic E-state index is 13.8. The molecule has 0 aromatic heterocycles. The lowest BCUT2D eigenvalue weighted by molar-refractivity contribution is 0.100. The number of rotatable bonds is 3. The van der Waals surface area contributed by atoms with E-state index in [9.17, 15) is 22.9 Å². The van der Waals surface area contributed by atoms with Crippen LogP contribution in [0.15, 0.2) is 35.5 Å². The number of benzene rings is 2. The van der Waals surface area contributed by atoms with Crippen LogP contribution in [0.1, 0.15) is 15.9 Å². The van der Waals surface area contributed by atoms with E-state index in [1.54, 1.807) is 13.0 Å². The van der Waals surface area contributed by atoms with E-state index in [-0.39, 0.29) is 5.69 Å². The van der Waals surface area contributed by atoms with Crippen molar-refractivity contribution >= 4 is 17.3 Å². The number of nitrogens with one attached hydrogen (secondary N) is 1. The molecule has 0 bridgehead atoms. The van der Waals surface area contributed by atoms with Crippen molar-refractivity contribution in [3.05, 3.63) is 63.8 Å². The van der Waals surface area contributed by atoms with Gasteiger partial charge in [0.05, 0.1) is 16.9 Å². The molecule has 0 saturated carbocycles. The van der Waals surface area contributed by atoms with Crippen LogP contribution < -0.4 is 5.32 Å². The number of hydrogen-bond acceptors (Lipinski definition) is 3. The topological polar surface area (TPSA) is 58.5 Å². The number of anilines is 2. The maximum Gasteiger partial charge on any atom is 0.318 e. The molecule has 2 rings (SSSR count). The van der Waals surface area contributed by atoms with Crippen molar-refractivity contribution in [1.29, 1.82) is 0 Å². The Morgan fingerprint density at radius 1 is 1.10 bits per heavy atom. The zero-order chi connectivity index (χ0) is 15.6. The zero-order valence-electron chi connectivity index (χ0n) is 10.8.